The number of ketones is 1. The van der Waals surface area contributed by atoms with Crippen molar-refractivity contribution < 1.29 is 4.79 Å². The Morgan fingerprint density at radius 1 is 1.46 bits per heavy atom. The van der Waals surface area contributed by atoms with Gasteiger partial charge in [-0.1, -0.05) is 13.0 Å². The number of rotatable bonds is 1. The fraction of sp³-hybridized carbons (Fsp3) is 0.364. The number of fused-ring (bicyclic) bond motifs is 1. The Hall–Kier alpha value is -1.31. The van der Waals surface area contributed by atoms with Crippen LogP contribution in [0.25, 0.3) is 0 Å². The molecule has 1 heterocycles. The van der Waals surface area contributed by atoms with Crippen LogP contribution in [0.15, 0.2) is 18.2 Å². The van der Waals surface area contributed by atoms with Crippen LogP contribution in [0.1, 0.15) is 29.3 Å². The lowest BCUT2D eigenvalue weighted by molar-refractivity contribution is 0.0984. The summed E-state index contributed by atoms with van der Waals surface area (Å²) in [5, 5.41) is 3.25. The number of anilines is 1. The van der Waals surface area contributed by atoms with Crippen LogP contribution in [0.4, 0.5) is 5.69 Å². The van der Waals surface area contributed by atoms with Crippen molar-refractivity contribution in [2.24, 2.45) is 0 Å². The molecular weight excluding hydrogens is 162 g/mol. The third-order valence-corrected chi connectivity index (χ3v) is 2.46. The van der Waals surface area contributed by atoms with Crippen LogP contribution in [0, 0.1) is 0 Å². The predicted molar refractivity (Wildman–Crippen MR) is 53.3 cm³/mol. The molecule has 0 bridgehead atoms. The molecule has 0 radical (unpaired) electrons. The summed E-state index contributed by atoms with van der Waals surface area (Å²) in [6, 6.07) is 6.04. The number of aryl methyl sites for hydroxylation is 1. The highest BCUT2D eigenvalue weighted by Gasteiger charge is 2.15. The molecule has 1 N–H and O–H groups in total. The minimum Gasteiger partial charge on any atom is -0.384 e. The molecule has 0 amide bonds. The van der Waals surface area contributed by atoms with E-state index in [2.05, 4.69) is 18.3 Å². The Bertz CT molecular complexity index is 344. The lowest BCUT2D eigenvalue weighted by Crippen LogP contribution is -2.17. The molecule has 13 heavy (non-hydrogen) atoms. The van der Waals surface area contributed by atoms with E-state index in [4.69, 9.17) is 0 Å². The van der Waals surface area contributed by atoms with Gasteiger partial charge in [-0.05, 0) is 24.1 Å². The maximum Gasteiger partial charge on any atom is 0.166 e. The summed E-state index contributed by atoms with van der Waals surface area (Å²) < 4.78 is 0. The Morgan fingerprint density at radius 3 is 3.08 bits per heavy atom. The SMILES string of the molecule is CCc1ccc2c(c1)NCCC2=O. The van der Waals surface area contributed by atoms with Gasteiger partial charge in [0.05, 0.1) is 0 Å². The van der Waals surface area contributed by atoms with Gasteiger partial charge in [-0.2, -0.15) is 0 Å². The quantitative estimate of drug-likeness (QED) is 0.709. The highest BCUT2D eigenvalue weighted by Crippen LogP contribution is 2.23. The lowest BCUT2D eigenvalue weighted by Gasteiger charge is -2.17. The topological polar surface area (TPSA) is 29.1 Å². The third kappa shape index (κ3) is 1.44. The maximum absolute atomic E-state index is 11.4. The first-order valence-corrected chi connectivity index (χ1v) is 4.71. The molecule has 0 saturated carbocycles. The summed E-state index contributed by atoms with van der Waals surface area (Å²) in [5.74, 6) is 0.261. The first-order chi connectivity index (χ1) is 6.31. The number of carbonyl (C=O) groups is 1. The average molecular weight is 175 g/mol. The van der Waals surface area contributed by atoms with Crippen molar-refractivity contribution in [3.8, 4) is 0 Å². The molecule has 68 valence electrons. The number of Topliss-reactive ketones (excluding diaryl/α,β-unsaturated/α-hetero) is 1. The summed E-state index contributed by atoms with van der Waals surface area (Å²) in [6.45, 7) is 2.89. The van der Waals surface area contributed by atoms with E-state index >= 15 is 0 Å². The lowest BCUT2D eigenvalue weighted by atomic mass is 9.99. The summed E-state index contributed by atoms with van der Waals surface area (Å²) in [6.07, 6.45) is 1.64. The average Bonchev–Trinajstić information content (AvgIpc) is 2.18. The zero-order chi connectivity index (χ0) is 9.26. The van der Waals surface area contributed by atoms with Gasteiger partial charge in [-0.3, -0.25) is 4.79 Å². The number of nitrogens with one attached hydrogen (secondary N) is 1. The number of benzene rings is 1. The maximum atomic E-state index is 11.4. The van der Waals surface area contributed by atoms with E-state index in [0.717, 1.165) is 24.2 Å². The van der Waals surface area contributed by atoms with E-state index in [1.165, 1.54) is 5.56 Å². The van der Waals surface area contributed by atoms with E-state index in [1.807, 2.05) is 12.1 Å². The van der Waals surface area contributed by atoms with Gasteiger partial charge < -0.3 is 5.32 Å². The molecule has 2 nitrogen and oxygen atoms in total. The molecule has 1 aliphatic heterocycles. The third-order valence-electron chi connectivity index (χ3n) is 2.46. The van der Waals surface area contributed by atoms with Gasteiger partial charge in [-0.15, -0.1) is 0 Å². The molecule has 0 unspecified atom stereocenters. The fourth-order valence-electron chi connectivity index (χ4n) is 1.65. The minimum absolute atomic E-state index is 0.261. The van der Waals surface area contributed by atoms with Crippen LogP contribution in [0.5, 0.6) is 0 Å². The van der Waals surface area contributed by atoms with E-state index in [-0.39, 0.29) is 5.78 Å². The van der Waals surface area contributed by atoms with Gasteiger partial charge in [0, 0.05) is 24.2 Å². The summed E-state index contributed by atoms with van der Waals surface area (Å²) in [4.78, 5) is 11.4. The summed E-state index contributed by atoms with van der Waals surface area (Å²) >= 11 is 0. The van der Waals surface area contributed by atoms with Crippen LogP contribution >= 0.6 is 0 Å². The molecule has 1 aliphatic rings. The van der Waals surface area contributed by atoms with Gasteiger partial charge >= 0.3 is 0 Å². The van der Waals surface area contributed by atoms with Crippen LogP contribution in [-0.2, 0) is 6.42 Å². The van der Waals surface area contributed by atoms with E-state index < -0.39 is 0 Å². The van der Waals surface area contributed by atoms with Gasteiger partial charge in [0.2, 0.25) is 0 Å². The molecule has 2 heteroatoms. The minimum atomic E-state index is 0.261. The Labute approximate surface area is 78.0 Å². The molecule has 0 atom stereocenters. The van der Waals surface area contributed by atoms with Crippen LogP contribution < -0.4 is 5.32 Å². The summed E-state index contributed by atoms with van der Waals surface area (Å²) in [5.41, 5.74) is 3.14. The molecule has 0 aromatic heterocycles. The molecule has 1 aromatic rings. The fourth-order valence-corrected chi connectivity index (χ4v) is 1.65. The molecule has 2 rings (SSSR count). The van der Waals surface area contributed by atoms with Crippen molar-refractivity contribution in [2.75, 3.05) is 11.9 Å². The van der Waals surface area contributed by atoms with Crippen LogP contribution in [-0.4, -0.2) is 12.3 Å². The number of hydrogen-bond acceptors (Lipinski definition) is 2. The van der Waals surface area contributed by atoms with Crippen LogP contribution in [0.3, 0.4) is 0 Å². The number of hydrogen-bond donors (Lipinski definition) is 1. The zero-order valence-electron chi connectivity index (χ0n) is 7.76. The monoisotopic (exact) mass is 175 g/mol. The van der Waals surface area contributed by atoms with Crippen molar-refractivity contribution in [1.29, 1.82) is 0 Å². The molecular formula is C11H13NO. The van der Waals surface area contributed by atoms with Crippen molar-refractivity contribution >= 4 is 11.5 Å². The van der Waals surface area contributed by atoms with E-state index in [0.29, 0.717) is 6.42 Å². The van der Waals surface area contributed by atoms with Gasteiger partial charge in [0.25, 0.3) is 0 Å². The van der Waals surface area contributed by atoms with Gasteiger partial charge in [0.15, 0.2) is 5.78 Å². The second-order valence-electron chi connectivity index (χ2n) is 3.33. The van der Waals surface area contributed by atoms with Crippen molar-refractivity contribution in [3.63, 3.8) is 0 Å². The summed E-state index contributed by atoms with van der Waals surface area (Å²) in [7, 11) is 0. The zero-order valence-corrected chi connectivity index (χ0v) is 7.76. The highest BCUT2D eigenvalue weighted by molar-refractivity contribution is 6.03. The second-order valence-corrected chi connectivity index (χ2v) is 3.33. The van der Waals surface area contributed by atoms with Crippen molar-refractivity contribution in [3.05, 3.63) is 29.3 Å². The van der Waals surface area contributed by atoms with Crippen LogP contribution in [0.2, 0.25) is 0 Å². The standard InChI is InChI=1S/C11H13NO/c1-2-8-3-4-9-10(7-8)12-6-5-11(9)13/h3-4,7,12H,2,5-6H2,1H3. The molecule has 0 aliphatic carbocycles. The molecule has 0 spiro atoms. The highest BCUT2D eigenvalue weighted by atomic mass is 16.1. The molecule has 0 saturated heterocycles. The first kappa shape index (κ1) is 8.30. The second kappa shape index (κ2) is 3.21. The number of carbonyl (C=O) groups excluding carboxylic acids is 1. The Morgan fingerprint density at radius 2 is 2.31 bits per heavy atom. The normalized spacial score (nSPS) is 15.0. The van der Waals surface area contributed by atoms with Gasteiger partial charge in [-0.25, -0.2) is 0 Å². The largest absolute Gasteiger partial charge is 0.384 e. The smallest absolute Gasteiger partial charge is 0.166 e. The Balaban J connectivity index is 2.45. The van der Waals surface area contributed by atoms with E-state index in [9.17, 15) is 4.79 Å². The molecule has 1 aromatic carbocycles. The predicted octanol–water partition coefficient (Wildman–Crippen LogP) is 2.25. The Kier molecular flexibility index (Phi) is 2.05. The van der Waals surface area contributed by atoms with Gasteiger partial charge in [0.1, 0.15) is 0 Å². The molecule has 0 fully saturated rings. The van der Waals surface area contributed by atoms with E-state index in [1.54, 1.807) is 0 Å². The van der Waals surface area contributed by atoms with Crippen molar-refractivity contribution in [1.82, 2.24) is 0 Å². The van der Waals surface area contributed by atoms with Crippen molar-refractivity contribution in [2.45, 2.75) is 19.8 Å². The first-order valence-electron chi connectivity index (χ1n) is 4.71.